The van der Waals surface area contributed by atoms with Gasteiger partial charge in [-0.3, -0.25) is 4.79 Å². The van der Waals surface area contributed by atoms with Crippen molar-refractivity contribution in [3.63, 3.8) is 0 Å². The molecular weight excluding hydrogens is 284 g/mol. The van der Waals surface area contributed by atoms with Gasteiger partial charge in [0.15, 0.2) is 0 Å². The maximum atomic E-state index is 12.1. The van der Waals surface area contributed by atoms with E-state index in [4.69, 9.17) is 0 Å². The molecule has 0 saturated heterocycles. The van der Waals surface area contributed by atoms with E-state index >= 15 is 0 Å². The summed E-state index contributed by atoms with van der Waals surface area (Å²) < 4.78 is 0. The molecule has 0 fully saturated rings. The maximum absolute atomic E-state index is 12.1. The standard InChI is InChI=1S/C20H24N2O/c1-14-3-5-17(15(2)9-14)7-8-20(23)22-11-16-4-6-18-12-21-13-19(18)10-16/h3-6,9-10,21H,7-8,11-13H2,1-2H3,(H,22,23). The first kappa shape index (κ1) is 15.8. The predicted octanol–water partition coefficient (Wildman–Crippen LogP) is 3.16. The Morgan fingerprint density at radius 3 is 2.74 bits per heavy atom. The molecule has 0 bridgehead atoms. The van der Waals surface area contributed by atoms with Crippen molar-refractivity contribution >= 4 is 5.91 Å². The van der Waals surface area contributed by atoms with Gasteiger partial charge in [0, 0.05) is 26.1 Å². The largest absolute Gasteiger partial charge is 0.352 e. The second-order valence-electron chi connectivity index (χ2n) is 6.41. The molecule has 2 aromatic carbocycles. The van der Waals surface area contributed by atoms with Crippen molar-refractivity contribution in [1.82, 2.24) is 10.6 Å². The third-order valence-electron chi connectivity index (χ3n) is 4.51. The molecule has 23 heavy (non-hydrogen) atoms. The van der Waals surface area contributed by atoms with Crippen LogP contribution in [0.4, 0.5) is 0 Å². The Kier molecular flexibility index (Phi) is 4.77. The lowest BCUT2D eigenvalue weighted by molar-refractivity contribution is -0.121. The molecule has 2 N–H and O–H groups in total. The van der Waals surface area contributed by atoms with Crippen molar-refractivity contribution in [2.45, 2.75) is 46.3 Å². The zero-order chi connectivity index (χ0) is 16.2. The molecule has 0 aliphatic carbocycles. The number of fused-ring (bicyclic) bond motifs is 1. The van der Waals surface area contributed by atoms with Crippen molar-refractivity contribution in [2.75, 3.05) is 0 Å². The van der Waals surface area contributed by atoms with E-state index in [2.05, 4.69) is 60.9 Å². The fourth-order valence-corrected chi connectivity index (χ4v) is 3.12. The summed E-state index contributed by atoms with van der Waals surface area (Å²) in [4.78, 5) is 12.1. The van der Waals surface area contributed by atoms with Crippen LogP contribution >= 0.6 is 0 Å². The minimum atomic E-state index is 0.114. The zero-order valence-electron chi connectivity index (χ0n) is 13.9. The normalized spacial score (nSPS) is 13.0. The van der Waals surface area contributed by atoms with Crippen LogP contribution in [0, 0.1) is 13.8 Å². The minimum absolute atomic E-state index is 0.114. The smallest absolute Gasteiger partial charge is 0.220 e. The van der Waals surface area contributed by atoms with E-state index in [0.29, 0.717) is 13.0 Å². The predicted molar refractivity (Wildman–Crippen MR) is 93.1 cm³/mol. The van der Waals surface area contributed by atoms with E-state index in [0.717, 1.165) is 19.5 Å². The zero-order valence-corrected chi connectivity index (χ0v) is 13.9. The van der Waals surface area contributed by atoms with Gasteiger partial charge in [-0.25, -0.2) is 0 Å². The molecule has 3 nitrogen and oxygen atoms in total. The second-order valence-corrected chi connectivity index (χ2v) is 6.41. The summed E-state index contributed by atoms with van der Waals surface area (Å²) >= 11 is 0. The van der Waals surface area contributed by atoms with Crippen molar-refractivity contribution < 1.29 is 4.79 Å². The topological polar surface area (TPSA) is 41.1 Å². The van der Waals surface area contributed by atoms with E-state index in [9.17, 15) is 4.79 Å². The highest BCUT2D eigenvalue weighted by atomic mass is 16.1. The highest BCUT2D eigenvalue weighted by molar-refractivity contribution is 5.76. The quantitative estimate of drug-likeness (QED) is 0.891. The Morgan fingerprint density at radius 2 is 1.91 bits per heavy atom. The van der Waals surface area contributed by atoms with Crippen LogP contribution in [-0.4, -0.2) is 5.91 Å². The van der Waals surface area contributed by atoms with Crippen LogP contribution in [0.15, 0.2) is 36.4 Å². The first-order valence-corrected chi connectivity index (χ1v) is 8.26. The number of aryl methyl sites for hydroxylation is 3. The number of amides is 1. The monoisotopic (exact) mass is 308 g/mol. The molecule has 1 amide bonds. The molecule has 0 aromatic heterocycles. The van der Waals surface area contributed by atoms with E-state index in [1.807, 2.05) is 0 Å². The van der Waals surface area contributed by atoms with Gasteiger partial charge in [-0.2, -0.15) is 0 Å². The summed E-state index contributed by atoms with van der Waals surface area (Å²) in [6, 6.07) is 12.9. The summed E-state index contributed by atoms with van der Waals surface area (Å²) in [5.41, 5.74) is 7.69. The van der Waals surface area contributed by atoms with E-state index < -0.39 is 0 Å². The van der Waals surface area contributed by atoms with Crippen molar-refractivity contribution in [3.8, 4) is 0 Å². The highest BCUT2D eigenvalue weighted by Gasteiger charge is 2.10. The minimum Gasteiger partial charge on any atom is -0.352 e. The molecule has 1 aliphatic heterocycles. The lowest BCUT2D eigenvalue weighted by Crippen LogP contribution is -2.23. The van der Waals surface area contributed by atoms with Gasteiger partial charge in [0.25, 0.3) is 0 Å². The molecular formula is C20H24N2O. The van der Waals surface area contributed by atoms with E-state index in [1.54, 1.807) is 0 Å². The third-order valence-corrected chi connectivity index (χ3v) is 4.51. The second kappa shape index (κ2) is 6.97. The summed E-state index contributed by atoms with van der Waals surface area (Å²) in [6.45, 7) is 6.70. The van der Waals surface area contributed by atoms with Crippen molar-refractivity contribution in [3.05, 3.63) is 69.8 Å². The first-order chi connectivity index (χ1) is 11.1. The van der Waals surface area contributed by atoms with Gasteiger partial charge in [0.1, 0.15) is 0 Å². The van der Waals surface area contributed by atoms with Crippen LogP contribution in [0.25, 0.3) is 0 Å². The van der Waals surface area contributed by atoms with Gasteiger partial charge in [0.05, 0.1) is 0 Å². The number of carbonyl (C=O) groups excluding carboxylic acids is 1. The van der Waals surface area contributed by atoms with E-state index in [1.165, 1.54) is 33.4 Å². The average molecular weight is 308 g/mol. The molecule has 3 heteroatoms. The van der Waals surface area contributed by atoms with Crippen molar-refractivity contribution in [1.29, 1.82) is 0 Å². The van der Waals surface area contributed by atoms with Gasteiger partial charge in [0.2, 0.25) is 5.91 Å². The Hall–Kier alpha value is -2.13. The molecule has 0 unspecified atom stereocenters. The SMILES string of the molecule is Cc1ccc(CCC(=O)NCc2ccc3c(c2)CNC3)c(C)c1. The number of hydrogen-bond acceptors (Lipinski definition) is 2. The molecule has 0 atom stereocenters. The Balaban J connectivity index is 1.50. The van der Waals surface area contributed by atoms with Gasteiger partial charge in [-0.1, -0.05) is 42.0 Å². The molecule has 1 aliphatic rings. The summed E-state index contributed by atoms with van der Waals surface area (Å²) in [7, 11) is 0. The highest BCUT2D eigenvalue weighted by Crippen LogP contribution is 2.17. The summed E-state index contributed by atoms with van der Waals surface area (Å²) in [5, 5.41) is 6.37. The number of benzene rings is 2. The van der Waals surface area contributed by atoms with Crippen LogP contribution in [0.1, 0.15) is 39.8 Å². The number of rotatable bonds is 5. The van der Waals surface area contributed by atoms with Crippen LogP contribution in [0.2, 0.25) is 0 Å². The molecule has 0 saturated carbocycles. The average Bonchev–Trinajstić information content (AvgIpc) is 2.99. The molecule has 120 valence electrons. The summed E-state index contributed by atoms with van der Waals surface area (Å²) in [5.74, 6) is 0.114. The Morgan fingerprint density at radius 1 is 1.09 bits per heavy atom. The van der Waals surface area contributed by atoms with E-state index in [-0.39, 0.29) is 5.91 Å². The van der Waals surface area contributed by atoms with Crippen LogP contribution in [0.5, 0.6) is 0 Å². The molecule has 1 heterocycles. The fourth-order valence-electron chi connectivity index (χ4n) is 3.12. The van der Waals surface area contributed by atoms with Crippen LogP contribution in [0.3, 0.4) is 0 Å². The lowest BCUT2D eigenvalue weighted by atomic mass is 10.0. The van der Waals surface area contributed by atoms with Crippen LogP contribution in [-0.2, 0) is 30.8 Å². The molecule has 2 aromatic rings. The third kappa shape index (κ3) is 3.99. The molecule has 0 radical (unpaired) electrons. The first-order valence-electron chi connectivity index (χ1n) is 8.26. The summed E-state index contributed by atoms with van der Waals surface area (Å²) in [6.07, 6.45) is 1.34. The molecule has 0 spiro atoms. The lowest BCUT2D eigenvalue weighted by Gasteiger charge is -2.09. The number of hydrogen-bond donors (Lipinski definition) is 2. The number of nitrogens with one attached hydrogen (secondary N) is 2. The Labute approximate surface area is 138 Å². The van der Waals surface area contributed by atoms with Crippen LogP contribution < -0.4 is 10.6 Å². The van der Waals surface area contributed by atoms with Gasteiger partial charge >= 0.3 is 0 Å². The Bertz CT molecular complexity index is 722. The fraction of sp³-hybridized carbons (Fsp3) is 0.350. The molecule has 3 rings (SSSR count). The van der Waals surface area contributed by atoms with Gasteiger partial charge < -0.3 is 10.6 Å². The van der Waals surface area contributed by atoms with Crippen molar-refractivity contribution in [2.24, 2.45) is 0 Å². The van der Waals surface area contributed by atoms with Gasteiger partial charge in [-0.15, -0.1) is 0 Å². The van der Waals surface area contributed by atoms with Gasteiger partial charge in [-0.05, 0) is 48.1 Å². The maximum Gasteiger partial charge on any atom is 0.220 e. The number of carbonyl (C=O) groups is 1.